The van der Waals surface area contributed by atoms with Gasteiger partial charge in [0.2, 0.25) is 5.82 Å². The van der Waals surface area contributed by atoms with Crippen molar-refractivity contribution in [2.24, 2.45) is 0 Å². The van der Waals surface area contributed by atoms with Crippen molar-refractivity contribution in [3.05, 3.63) is 62.7 Å². The van der Waals surface area contributed by atoms with Crippen molar-refractivity contribution in [2.45, 2.75) is 49.1 Å². The SMILES string of the molecule is O=C(NC1CCCCC1)c1csc(CSc2nnc(-c3ccco3)n2-c2ccc(Cl)c(Cl)c2)n1. The number of halogens is 2. The van der Waals surface area contributed by atoms with Crippen LogP contribution >= 0.6 is 46.3 Å². The predicted molar refractivity (Wildman–Crippen MR) is 135 cm³/mol. The molecule has 1 N–H and O–H groups in total. The zero-order chi connectivity index (χ0) is 23.5. The van der Waals surface area contributed by atoms with Crippen LogP contribution in [0.5, 0.6) is 0 Å². The Kier molecular flexibility index (Phi) is 7.24. The van der Waals surface area contributed by atoms with Gasteiger partial charge in [-0.25, -0.2) is 4.98 Å². The summed E-state index contributed by atoms with van der Waals surface area (Å²) in [6.45, 7) is 0. The van der Waals surface area contributed by atoms with E-state index in [1.165, 1.54) is 42.4 Å². The molecule has 3 heterocycles. The molecule has 0 bridgehead atoms. The molecule has 0 saturated heterocycles. The van der Waals surface area contributed by atoms with E-state index in [2.05, 4.69) is 20.5 Å². The summed E-state index contributed by atoms with van der Waals surface area (Å²) in [7, 11) is 0. The topological polar surface area (TPSA) is 85.8 Å². The van der Waals surface area contributed by atoms with Crippen molar-refractivity contribution in [1.82, 2.24) is 25.1 Å². The maximum atomic E-state index is 12.6. The summed E-state index contributed by atoms with van der Waals surface area (Å²) in [5, 5.41) is 16.0. The van der Waals surface area contributed by atoms with Crippen molar-refractivity contribution >= 4 is 52.2 Å². The third-order valence-corrected chi connectivity index (χ3v) is 8.30. The van der Waals surface area contributed by atoms with Crippen LogP contribution in [-0.2, 0) is 5.75 Å². The first-order chi connectivity index (χ1) is 16.6. The van der Waals surface area contributed by atoms with Gasteiger partial charge < -0.3 is 9.73 Å². The molecule has 1 aliphatic carbocycles. The van der Waals surface area contributed by atoms with E-state index in [1.807, 2.05) is 22.1 Å². The Morgan fingerprint density at radius 3 is 2.79 bits per heavy atom. The Hall–Kier alpha value is -2.33. The van der Waals surface area contributed by atoms with Gasteiger partial charge >= 0.3 is 0 Å². The zero-order valence-corrected chi connectivity index (χ0v) is 21.2. The van der Waals surface area contributed by atoms with Crippen molar-refractivity contribution < 1.29 is 9.21 Å². The van der Waals surface area contributed by atoms with E-state index in [-0.39, 0.29) is 11.9 Å². The number of nitrogens with one attached hydrogen (secondary N) is 1. The van der Waals surface area contributed by atoms with E-state index in [4.69, 9.17) is 27.6 Å². The zero-order valence-electron chi connectivity index (χ0n) is 18.0. The van der Waals surface area contributed by atoms with E-state index in [9.17, 15) is 4.79 Å². The summed E-state index contributed by atoms with van der Waals surface area (Å²) in [4.78, 5) is 17.1. The first-order valence-electron chi connectivity index (χ1n) is 10.9. The third-order valence-electron chi connectivity index (χ3n) is 5.59. The van der Waals surface area contributed by atoms with Crippen LogP contribution in [0.4, 0.5) is 0 Å². The highest BCUT2D eigenvalue weighted by molar-refractivity contribution is 7.98. The number of benzene rings is 1. The quantitative estimate of drug-likeness (QED) is 0.268. The molecule has 0 radical (unpaired) electrons. The van der Waals surface area contributed by atoms with Crippen LogP contribution in [0, 0.1) is 0 Å². The molecule has 1 aromatic carbocycles. The standard InChI is InChI=1S/C23H21Cl2N5O2S2/c24-16-9-8-15(11-17(16)25)30-21(19-7-4-10-32-19)28-29-23(30)34-13-20-27-18(12-33-20)22(31)26-14-5-2-1-3-6-14/h4,7-12,14H,1-3,5-6,13H2,(H,26,31). The molecule has 1 amide bonds. The molecule has 34 heavy (non-hydrogen) atoms. The maximum Gasteiger partial charge on any atom is 0.270 e. The number of amides is 1. The van der Waals surface area contributed by atoms with Gasteiger partial charge in [0.05, 0.1) is 27.7 Å². The maximum absolute atomic E-state index is 12.6. The molecule has 0 atom stereocenters. The van der Waals surface area contributed by atoms with Crippen molar-refractivity contribution in [2.75, 3.05) is 0 Å². The average Bonchev–Trinajstić information content (AvgIpc) is 3.60. The Labute approximate surface area is 214 Å². The molecule has 0 aliphatic heterocycles. The number of carbonyl (C=O) groups excluding carboxylic acids is 1. The van der Waals surface area contributed by atoms with Crippen LogP contribution < -0.4 is 5.32 Å². The fourth-order valence-electron chi connectivity index (χ4n) is 3.90. The monoisotopic (exact) mass is 533 g/mol. The van der Waals surface area contributed by atoms with Crippen molar-refractivity contribution in [1.29, 1.82) is 0 Å². The van der Waals surface area contributed by atoms with Crippen LogP contribution in [0.1, 0.15) is 47.6 Å². The molecule has 11 heteroatoms. The van der Waals surface area contributed by atoms with Crippen LogP contribution in [0.3, 0.4) is 0 Å². The van der Waals surface area contributed by atoms with Crippen LogP contribution in [0.25, 0.3) is 17.3 Å². The number of nitrogens with zero attached hydrogens (tertiary/aromatic N) is 4. The van der Waals surface area contributed by atoms with Crippen molar-refractivity contribution in [3.63, 3.8) is 0 Å². The summed E-state index contributed by atoms with van der Waals surface area (Å²) in [6, 6.07) is 9.23. The highest BCUT2D eigenvalue weighted by Gasteiger charge is 2.21. The minimum Gasteiger partial charge on any atom is -0.461 e. The Bertz CT molecular complexity index is 1280. The molecule has 1 aliphatic rings. The molecule has 0 spiro atoms. The molecule has 176 valence electrons. The van der Waals surface area contributed by atoms with Gasteiger partial charge in [-0.05, 0) is 43.2 Å². The van der Waals surface area contributed by atoms with Crippen LogP contribution in [0.2, 0.25) is 10.0 Å². The lowest BCUT2D eigenvalue weighted by Gasteiger charge is -2.22. The van der Waals surface area contributed by atoms with E-state index in [0.29, 0.717) is 38.2 Å². The van der Waals surface area contributed by atoms with Crippen molar-refractivity contribution in [3.8, 4) is 17.3 Å². The first kappa shape index (κ1) is 23.4. The number of hydrogen-bond acceptors (Lipinski definition) is 7. The number of rotatable bonds is 7. The van der Waals surface area contributed by atoms with Gasteiger partial charge in [-0.3, -0.25) is 9.36 Å². The average molecular weight is 534 g/mol. The smallest absolute Gasteiger partial charge is 0.270 e. The molecule has 4 aromatic rings. The number of furan rings is 1. The summed E-state index contributed by atoms with van der Waals surface area (Å²) < 4.78 is 7.43. The normalized spacial score (nSPS) is 14.4. The van der Waals surface area contributed by atoms with Gasteiger partial charge in [-0.15, -0.1) is 21.5 Å². The van der Waals surface area contributed by atoms with E-state index in [0.717, 1.165) is 23.5 Å². The predicted octanol–water partition coefficient (Wildman–Crippen LogP) is 6.65. The molecule has 0 unspecified atom stereocenters. The molecule has 5 rings (SSSR count). The molecule has 1 fully saturated rings. The largest absolute Gasteiger partial charge is 0.461 e. The van der Waals surface area contributed by atoms with Crippen LogP contribution in [0.15, 0.2) is 51.5 Å². The second-order valence-electron chi connectivity index (χ2n) is 7.94. The Balaban J connectivity index is 1.34. The fraction of sp³-hybridized carbons (Fsp3) is 0.304. The Morgan fingerprint density at radius 1 is 1.18 bits per heavy atom. The summed E-state index contributed by atoms with van der Waals surface area (Å²) in [6.07, 6.45) is 7.26. The van der Waals surface area contributed by atoms with Gasteiger partial charge in [0.25, 0.3) is 5.91 Å². The van der Waals surface area contributed by atoms with Gasteiger partial charge in [0.15, 0.2) is 10.9 Å². The number of carbonyl (C=O) groups is 1. The molecule has 7 nitrogen and oxygen atoms in total. The lowest BCUT2D eigenvalue weighted by Crippen LogP contribution is -2.36. The number of hydrogen-bond donors (Lipinski definition) is 1. The second-order valence-corrected chi connectivity index (χ2v) is 10.6. The minimum absolute atomic E-state index is 0.0986. The minimum atomic E-state index is -0.0986. The van der Waals surface area contributed by atoms with Gasteiger partial charge in [-0.2, -0.15) is 0 Å². The number of thiazole rings is 1. The number of aromatic nitrogens is 4. The van der Waals surface area contributed by atoms with E-state index in [1.54, 1.807) is 24.5 Å². The summed E-state index contributed by atoms with van der Waals surface area (Å²) in [5.41, 5.74) is 1.23. The molecule has 1 saturated carbocycles. The summed E-state index contributed by atoms with van der Waals surface area (Å²) >= 11 is 15.3. The first-order valence-corrected chi connectivity index (χ1v) is 13.5. The van der Waals surface area contributed by atoms with Gasteiger partial charge in [0.1, 0.15) is 10.7 Å². The molecular formula is C23H21Cl2N5O2S2. The Morgan fingerprint density at radius 2 is 2.03 bits per heavy atom. The highest BCUT2D eigenvalue weighted by Crippen LogP contribution is 2.33. The highest BCUT2D eigenvalue weighted by atomic mass is 35.5. The number of thioether (sulfide) groups is 1. The van der Waals surface area contributed by atoms with E-state index >= 15 is 0 Å². The summed E-state index contributed by atoms with van der Waals surface area (Å²) in [5.74, 6) is 1.58. The van der Waals surface area contributed by atoms with Gasteiger partial charge in [-0.1, -0.05) is 54.2 Å². The second kappa shape index (κ2) is 10.5. The van der Waals surface area contributed by atoms with Gasteiger partial charge in [0, 0.05) is 11.4 Å². The lowest BCUT2D eigenvalue weighted by atomic mass is 9.95. The lowest BCUT2D eigenvalue weighted by molar-refractivity contribution is 0.0923. The molecule has 3 aromatic heterocycles. The molecular weight excluding hydrogens is 513 g/mol. The third kappa shape index (κ3) is 5.17. The fourth-order valence-corrected chi connectivity index (χ4v) is 5.94. The van der Waals surface area contributed by atoms with E-state index < -0.39 is 0 Å². The van der Waals surface area contributed by atoms with Crippen LogP contribution in [-0.4, -0.2) is 31.7 Å².